The van der Waals surface area contributed by atoms with E-state index in [0.29, 0.717) is 22.6 Å². The average molecular weight is 883 g/mol. The van der Waals surface area contributed by atoms with Gasteiger partial charge >= 0.3 is 5.69 Å². The molecule has 0 saturated carbocycles. The van der Waals surface area contributed by atoms with E-state index in [9.17, 15) is 9.59 Å². The second kappa shape index (κ2) is 22.1. The van der Waals surface area contributed by atoms with Gasteiger partial charge < -0.3 is 42.8 Å². The summed E-state index contributed by atoms with van der Waals surface area (Å²) in [5.74, 6) is 1.12. The van der Waals surface area contributed by atoms with Crippen molar-refractivity contribution in [3.8, 4) is 11.5 Å². The fourth-order valence-electron chi connectivity index (χ4n) is 7.83. The van der Waals surface area contributed by atoms with Crippen molar-refractivity contribution in [1.29, 1.82) is 0 Å². The minimum Gasteiger partial charge on any atom is -0.497 e. The van der Waals surface area contributed by atoms with Crippen LogP contribution in [0.1, 0.15) is 66.5 Å². The van der Waals surface area contributed by atoms with E-state index in [1.54, 1.807) is 65.8 Å². The van der Waals surface area contributed by atoms with Crippen molar-refractivity contribution in [3.05, 3.63) is 154 Å². The van der Waals surface area contributed by atoms with Crippen molar-refractivity contribution >= 4 is 20.3 Å². The third-order valence-corrected chi connectivity index (χ3v) is 12.8. The number of carbonyl (C=O) groups is 1. The van der Waals surface area contributed by atoms with Crippen molar-refractivity contribution in [2.75, 3.05) is 53.6 Å². The second-order valence-corrected chi connectivity index (χ2v) is 17.1. The molecular formula is C48H59N4O10P. The highest BCUT2D eigenvalue weighted by Gasteiger charge is 2.51. The highest BCUT2D eigenvalue weighted by molar-refractivity contribution is 7.44. The first kappa shape index (κ1) is 47.5. The molecule has 5 aromatic rings. The molecule has 2 heterocycles. The van der Waals surface area contributed by atoms with Crippen LogP contribution in [-0.4, -0.2) is 98.8 Å². The summed E-state index contributed by atoms with van der Waals surface area (Å²) >= 11 is 0. The third kappa shape index (κ3) is 10.9. The lowest BCUT2D eigenvalue weighted by atomic mass is 9.80. The number of aryl methyl sites for hydroxylation is 1. The number of amides is 1. The van der Waals surface area contributed by atoms with Gasteiger partial charge in [-0.1, -0.05) is 72.8 Å². The summed E-state index contributed by atoms with van der Waals surface area (Å²) in [6, 6.07) is 34.3. The Morgan fingerprint density at radius 3 is 1.87 bits per heavy atom. The second-order valence-electron chi connectivity index (χ2n) is 15.5. The molecule has 0 spiro atoms. The molecule has 63 heavy (non-hydrogen) atoms. The molecule has 0 radical (unpaired) electrons. The predicted octanol–water partition coefficient (Wildman–Crippen LogP) is 8.14. The van der Waals surface area contributed by atoms with Crippen LogP contribution in [0.15, 0.2) is 120 Å². The number of hydrogen-bond acceptors (Lipinski definition) is 12. The molecule has 1 fully saturated rings. The Bertz CT molecular complexity index is 2210. The van der Waals surface area contributed by atoms with Gasteiger partial charge in [0.1, 0.15) is 41.2 Å². The molecule has 0 aliphatic carbocycles. The zero-order chi connectivity index (χ0) is 45.1. The topological polar surface area (TPSA) is 141 Å². The Kier molecular flexibility index (Phi) is 16.6. The molecule has 14 nitrogen and oxygen atoms in total. The van der Waals surface area contributed by atoms with Crippen LogP contribution in [0.25, 0.3) is 0 Å². The van der Waals surface area contributed by atoms with Crippen LogP contribution < -0.4 is 20.5 Å². The van der Waals surface area contributed by atoms with Crippen LogP contribution in [0.5, 0.6) is 11.5 Å². The van der Waals surface area contributed by atoms with Gasteiger partial charge in [0.25, 0.3) is 14.4 Å². The summed E-state index contributed by atoms with van der Waals surface area (Å²) in [6.45, 7) is 10.5. The fourth-order valence-corrected chi connectivity index (χ4v) is 9.44. The molecule has 4 aromatic carbocycles. The molecule has 336 valence electrons. The molecule has 6 rings (SSSR count). The molecule has 1 aromatic heterocycles. The lowest BCUT2D eigenvalue weighted by Crippen LogP contribution is -2.43. The van der Waals surface area contributed by atoms with Gasteiger partial charge in [-0.2, -0.15) is 4.98 Å². The smallest absolute Gasteiger partial charge is 0.351 e. The van der Waals surface area contributed by atoms with Crippen LogP contribution in [0.4, 0.5) is 5.82 Å². The monoisotopic (exact) mass is 882 g/mol. The summed E-state index contributed by atoms with van der Waals surface area (Å²) in [7, 11) is 4.77. The first-order valence-electron chi connectivity index (χ1n) is 21.0. The molecule has 15 heteroatoms. The van der Waals surface area contributed by atoms with Gasteiger partial charge in [-0.05, 0) is 87.7 Å². The first-order valence-corrected chi connectivity index (χ1v) is 22.1. The van der Waals surface area contributed by atoms with Crippen molar-refractivity contribution in [3.63, 3.8) is 0 Å². The average Bonchev–Trinajstić information content (AvgIpc) is 3.63. The SMILES string of the molecule is COCCO[C@@H]1[C@H](OP(OC)N(C(C)C)C(C)C)[C@@H](COC(c2ccccc2)(c2ccc(OC)cc2)c2ccc(OC)cc2)O[C@H]1n1cc(C)c(NC(=O)c2ccccc2)nc1=O. The highest BCUT2D eigenvalue weighted by atomic mass is 31.2. The van der Waals surface area contributed by atoms with E-state index in [1.165, 1.54) is 4.57 Å². The summed E-state index contributed by atoms with van der Waals surface area (Å²) in [5, 5.41) is 2.79. The van der Waals surface area contributed by atoms with E-state index in [-0.39, 0.29) is 37.7 Å². The van der Waals surface area contributed by atoms with Crippen LogP contribution in [0.3, 0.4) is 0 Å². The number of carbonyl (C=O) groups excluding carboxylic acids is 1. The molecule has 1 amide bonds. The van der Waals surface area contributed by atoms with Gasteiger partial charge in [-0.3, -0.25) is 9.36 Å². The molecule has 5 atom stereocenters. The van der Waals surface area contributed by atoms with E-state index >= 15 is 0 Å². The number of rotatable bonds is 21. The van der Waals surface area contributed by atoms with Crippen LogP contribution in [-0.2, 0) is 33.6 Å². The standard InChI is InChI=1S/C48H59N4O10P/c1-32(2)52(33(3)4)63(58-9)62-42-41(31-60-48(36-18-14-11-15-19-36,37-20-24-39(56-7)25-21-37)38-22-26-40(57-8)27-23-38)61-46(43(42)59-29-28-55-6)51-30-34(5)44(50-47(51)54)49-45(53)35-16-12-10-13-17-35/h10-27,30,32-33,41-43,46H,28-29,31H2,1-9H3,(H,49,50,53,54)/t41-,42-,43-,46-,63?/m1/s1. The molecule has 1 aliphatic heterocycles. The van der Waals surface area contributed by atoms with Crippen LogP contribution in [0.2, 0.25) is 0 Å². The molecule has 1 N–H and O–H groups in total. The number of aromatic nitrogens is 2. The number of anilines is 1. The first-order chi connectivity index (χ1) is 30.4. The Morgan fingerprint density at radius 2 is 1.35 bits per heavy atom. The molecule has 1 unspecified atom stereocenters. The van der Waals surface area contributed by atoms with Crippen molar-refractivity contribution < 1.29 is 42.3 Å². The Labute approximate surface area is 371 Å². The number of nitrogens with zero attached hydrogens (tertiary/aromatic N) is 3. The van der Waals surface area contributed by atoms with E-state index in [0.717, 1.165) is 16.7 Å². The summed E-state index contributed by atoms with van der Waals surface area (Å²) in [5.41, 5.74) is 1.61. The minimum absolute atomic E-state index is 0.0408. The number of ether oxygens (including phenoxy) is 6. The van der Waals surface area contributed by atoms with Crippen molar-refractivity contribution in [2.45, 2.75) is 76.8 Å². The maximum Gasteiger partial charge on any atom is 0.351 e. The van der Waals surface area contributed by atoms with Gasteiger partial charge in [0.15, 0.2) is 6.23 Å². The lowest BCUT2D eigenvalue weighted by Gasteiger charge is -2.39. The highest BCUT2D eigenvalue weighted by Crippen LogP contribution is 2.50. The zero-order valence-corrected chi connectivity index (χ0v) is 38.3. The van der Waals surface area contributed by atoms with E-state index in [2.05, 4.69) is 42.7 Å². The van der Waals surface area contributed by atoms with E-state index in [1.807, 2.05) is 84.9 Å². The number of hydrogen-bond donors (Lipinski definition) is 1. The van der Waals surface area contributed by atoms with Gasteiger partial charge in [0.05, 0.1) is 34.0 Å². The molecule has 1 aliphatic rings. The maximum absolute atomic E-state index is 14.1. The zero-order valence-electron chi connectivity index (χ0n) is 37.4. The summed E-state index contributed by atoms with van der Waals surface area (Å²) in [6.07, 6.45) is -2.00. The minimum atomic E-state index is -1.70. The van der Waals surface area contributed by atoms with E-state index < -0.39 is 50.3 Å². The third-order valence-electron chi connectivity index (χ3n) is 10.8. The lowest BCUT2D eigenvalue weighted by molar-refractivity contribution is -0.0991. The van der Waals surface area contributed by atoms with Gasteiger partial charge in [0.2, 0.25) is 0 Å². The van der Waals surface area contributed by atoms with Crippen LogP contribution >= 0.6 is 8.53 Å². The van der Waals surface area contributed by atoms with E-state index in [4.69, 9.17) is 37.5 Å². The van der Waals surface area contributed by atoms with Crippen molar-refractivity contribution in [1.82, 2.24) is 14.2 Å². The Balaban J connectivity index is 1.47. The number of nitrogens with one attached hydrogen (secondary N) is 1. The quantitative estimate of drug-likeness (QED) is 0.0432. The summed E-state index contributed by atoms with van der Waals surface area (Å²) in [4.78, 5) is 31.6. The number of methoxy groups -OCH3 is 3. The maximum atomic E-state index is 14.1. The van der Waals surface area contributed by atoms with Gasteiger partial charge in [-0.25, -0.2) is 9.46 Å². The molecular weight excluding hydrogens is 824 g/mol. The van der Waals surface area contributed by atoms with Gasteiger partial charge in [0, 0.05) is 43.6 Å². The Morgan fingerprint density at radius 1 is 0.794 bits per heavy atom. The van der Waals surface area contributed by atoms with Crippen molar-refractivity contribution in [2.24, 2.45) is 0 Å². The van der Waals surface area contributed by atoms with Crippen LogP contribution in [0, 0.1) is 6.92 Å². The fraction of sp³-hybridized carbons (Fsp3) is 0.396. The molecule has 0 bridgehead atoms. The largest absolute Gasteiger partial charge is 0.497 e. The number of benzene rings is 4. The molecule has 1 saturated heterocycles. The predicted molar refractivity (Wildman–Crippen MR) is 242 cm³/mol. The normalized spacial score (nSPS) is 18.2. The van der Waals surface area contributed by atoms with Gasteiger partial charge in [-0.15, -0.1) is 0 Å². The summed E-state index contributed by atoms with van der Waals surface area (Å²) < 4.78 is 54.2. The Hall–Kier alpha value is -5.02.